The lowest BCUT2D eigenvalue weighted by molar-refractivity contribution is 1.03. The highest BCUT2D eigenvalue weighted by molar-refractivity contribution is 5.32. The number of anilines is 1. The Bertz CT molecular complexity index is 211. The van der Waals surface area contributed by atoms with Gasteiger partial charge in [0.1, 0.15) is 11.6 Å². The Kier molecular flexibility index (Phi) is 5.97. The van der Waals surface area contributed by atoms with Crippen LogP contribution >= 0.6 is 0 Å². The second-order valence-electron chi connectivity index (χ2n) is 2.02. The molecule has 0 spiro atoms. The minimum atomic E-state index is 0.804. The Morgan fingerprint density at radius 2 is 2.08 bits per heavy atom. The van der Waals surface area contributed by atoms with E-state index in [1.165, 1.54) is 0 Å². The Morgan fingerprint density at radius 1 is 1.42 bits per heavy atom. The maximum Gasteiger partial charge on any atom is 0.129 e. The standard InChI is InChI=1S/C7H11N3.C2H6/c1-3-8-7-4-5-9-6(2)10-7;1-2/h4-5H,3H2,1-2H3,(H,8,9,10);1-2H3. The van der Waals surface area contributed by atoms with E-state index < -0.39 is 0 Å². The van der Waals surface area contributed by atoms with Gasteiger partial charge in [0, 0.05) is 12.7 Å². The number of hydrogen-bond donors (Lipinski definition) is 1. The minimum absolute atomic E-state index is 0.804. The van der Waals surface area contributed by atoms with Crippen molar-refractivity contribution in [2.45, 2.75) is 27.7 Å². The van der Waals surface area contributed by atoms with Gasteiger partial charge in [0.15, 0.2) is 0 Å². The summed E-state index contributed by atoms with van der Waals surface area (Å²) >= 11 is 0. The lowest BCUT2D eigenvalue weighted by atomic mass is 10.5. The van der Waals surface area contributed by atoms with Crippen LogP contribution in [0.4, 0.5) is 5.82 Å². The number of aromatic nitrogens is 2. The van der Waals surface area contributed by atoms with Crippen LogP contribution in [-0.4, -0.2) is 16.5 Å². The molecule has 0 saturated carbocycles. The van der Waals surface area contributed by atoms with Crippen LogP contribution in [0.5, 0.6) is 0 Å². The van der Waals surface area contributed by atoms with E-state index in [9.17, 15) is 0 Å². The Balaban J connectivity index is 0.000000561. The van der Waals surface area contributed by atoms with Gasteiger partial charge in [-0.15, -0.1) is 0 Å². The number of rotatable bonds is 2. The molecule has 3 nitrogen and oxygen atoms in total. The van der Waals surface area contributed by atoms with Gasteiger partial charge in [-0.1, -0.05) is 13.8 Å². The van der Waals surface area contributed by atoms with Crippen LogP contribution in [0.3, 0.4) is 0 Å². The Morgan fingerprint density at radius 3 is 2.58 bits per heavy atom. The first-order valence-electron chi connectivity index (χ1n) is 4.36. The molecule has 0 unspecified atom stereocenters. The molecule has 68 valence electrons. The predicted octanol–water partition coefficient (Wildman–Crippen LogP) is 2.24. The third-order valence-corrected chi connectivity index (χ3v) is 1.13. The zero-order chi connectivity index (χ0) is 9.40. The summed E-state index contributed by atoms with van der Waals surface area (Å²) in [6, 6.07) is 1.86. The molecule has 0 amide bonds. The second kappa shape index (κ2) is 6.58. The molecule has 0 radical (unpaired) electrons. The smallest absolute Gasteiger partial charge is 0.129 e. The summed E-state index contributed by atoms with van der Waals surface area (Å²) in [5, 5.41) is 3.10. The van der Waals surface area contributed by atoms with Gasteiger partial charge in [-0.3, -0.25) is 0 Å². The van der Waals surface area contributed by atoms with Crippen LogP contribution < -0.4 is 5.32 Å². The summed E-state index contributed by atoms with van der Waals surface area (Å²) in [7, 11) is 0. The molecule has 1 heterocycles. The normalized spacial score (nSPS) is 8.33. The molecular formula is C9H17N3. The highest BCUT2D eigenvalue weighted by Crippen LogP contribution is 1.98. The molecule has 0 saturated heterocycles. The lowest BCUT2D eigenvalue weighted by Crippen LogP contribution is -2.00. The number of nitrogens with one attached hydrogen (secondary N) is 1. The van der Waals surface area contributed by atoms with Crippen molar-refractivity contribution in [1.82, 2.24) is 9.97 Å². The van der Waals surface area contributed by atoms with Crippen molar-refractivity contribution in [3.8, 4) is 0 Å². The predicted molar refractivity (Wildman–Crippen MR) is 52.3 cm³/mol. The molecule has 1 rings (SSSR count). The lowest BCUT2D eigenvalue weighted by Gasteiger charge is -2.00. The molecule has 0 atom stereocenters. The molecular weight excluding hydrogens is 150 g/mol. The fourth-order valence-electron chi connectivity index (χ4n) is 0.736. The van der Waals surface area contributed by atoms with Crippen molar-refractivity contribution in [2.24, 2.45) is 0 Å². The minimum Gasteiger partial charge on any atom is -0.370 e. The topological polar surface area (TPSA) is 37.8 Å². The fraction of sp³-hybridized carbons (Fsp3) is 0.556. The van der Waals surface area contributed by atoms with Gasteiger partial charge in [-0.05, 0) is 19.9 Å². The fourth-order valence-corrected chi connectivity index (χ4v) is 0.736. The van der Waals surface area contributed by atoms with Crippen molar-refractivity contribution in [3.63, 3.8) is 0 Å². The molecule has 1 aromatic rings. The first-order chi connectivity index (χ1) is 5.83. The third-order valence-electron chi connectivity index (χ3n) is 1.13. The van der Waals surface area contributed by atoms with E-state index in [0.29, 0.717) is 0 Å². The van der Waals surface area contributed by atoms with Crippen LogP contribution in [0.15, 0.2) is 12.3 Å². The molecule has 3 heteroatoms. The van der Waals surface area contributed by atoms with Gasteiger partial charge in [-0.2, -0.15) is 0 Å². The van der Waals surface area contributed by atoms with Gasteiger partial charge in [0.2, 0.25) is 0 Å². The molecule has 0 fully saturated rings. The maximum absolute atomic E-state index is 4.14. The summed E-state index contributed by atoms with van der Waals surface area (Å²) in [6.07, 6.45) is 1.75. The Hall–Kier alpha value is -1.12. The van der Waals surface area contributed by atoms with E-state index in [1.807, 2.05) is 33.8 Å². The van der Waals surface area contributed by atoms with E-state index in [-0.39, 0.29) is 0 Å². The first kappa shape index (κ1) is 10.9. The molecule has 0 aliphatic heterocycles. The van der Waals surface area contributed by atoms with Crippen LogP contribution in [-0.2, 0) is 0 Å². The van der Waals surface area contributed by atoms with Crippen LogP contribution in [0.2, 0.25) is 0 Å². The van der Waals surface area contributed by atoms with E-state index in [2.05, 4.69) is 15.3 Å². The van der Waals surface area contributed by atoms with Crippen molar-refractivity contribution in [3.05, 3.63) is 18.1 Å². The van der Waals surface area contributed by atoms with Gasteiger partial charge in [-0.25, -0.2) is 9.97 Å². The third kappa shape index (κ3) is 3.91. The quantitative estimate of drug-likeness (QED) is 0.734. The van der Waals surface area contributed by atoms with E-state index >= 15 is 0 Å². The summed E-state index contributed by atoms with van der Waals surface area (Å²) in [4.78, 5) is 8.11. The zero-order valence-corrected chi connectivity index (χ0v) is 8.26. The Labute approximate surface area is 74.3 Å². The summed E-state index contributed by atoms with van der Waals surface area (Å²) in [6.45, 7) is 8.81. The van der Waals surface area contributed by atoms with E-state index in [4.69, 9.17) is 0 Å². The number of nitrogens with zero attached hydrogens (tertiary/aromatic N) is 2. The van der Waals surface area contributed by atoms with Crippen LogP contribution in [0.1, 0.15) is 26.6 Å². The van der Waals surface area contributed by atoms with Crippen molar-refractivity contribution in [1.29, 1.82) is 0 Å². The second-order valence-corrected chi connectivity index (χ2v) is 2.02. The van der Waals surface area contributed by atoms with Gasteiger partial charge in [0.05, 0.1) is 0 Å². The zero-order valence-electron chi connectivity index (χ0n) is 8.26. The van der Waals surface area contributed by atoms with Crippen LogP contribution in [0.25, 0.3) is 0 Å². The first-order valence-corrected chi connectivity index (χ1v) is 4.36. The molecule has 1 aromatic heterocycles. The van der Waals surface area contributed by atoms with Gasteiger partial charge < -0.3 is 5.32 Å². The molecule has 12 heavy (non-hydrogen) atoms. The molecule has 1 N–H and O–H groups in total. The maximum atomic E-state index is 4.14. The number of aryl methyl sites for hydroxylation is 1. The number of hydrogen-bond acceptors (Lipinski definition) is 3. The van der Waals surface area contributed by atoms with E-state index in [1.54, 1.807) is 6.20 Å². The SMILES string of the molecule is CC.CCNc1ccnc(C)n1. The highest BCUT2D eigenvalue weighted by Gasteiger charge is 1.89. The van der Waals surface area contributed by atoms with Crippen molar-refractivity contribution >= 4 is 5.82 Å². The average molecular weight is 167 g/mol. The summed E-state index contributed by atoms with van der Waals surface area (Å²) < 4.78 is 0. The van der Waals surface area contributed by atoms with Gasteiger partial charge in [0.25, 0.3) is 0 Å². The van der Waals surface area contributed by atoms with Crippen LogP contribution in [0, 0.1) is 6.92 Å². The summed E-state index contributed by atoms with van der Waals surface area (Å²) in [5.74, 6) is 1.70. The van der Waals surface area contributed by atoms with Crippen molar-refractivity contribution in [2.75, 3.05) is 11.9 Å². The van der Waals surface area contributed by atoms with Gasteiger partial charge >= 0.3 is 0 Å². The molecule has 0 aliphatic carbocycles. The average Bonchev–Trinajstić information content (AvgIpc) is 2.09. The highest BCUT2D eigenvalue weighted by atomic mass is 15.0. The molecule has 0 aromatic carbocycles. The summed E-state index contributed by atoms with van der Waals surface area (Å²) in [5.41, 5.74) is 0. The largest absolute Gasteiger partial charge is 0.370 e. The van der Waals surface area contributed by atoms with Crippen molar-refractivity contribution < 1.29 is 0 Å². The molecule has 0 aliphatic rings. The monoisotopic (exact) mass is 167 g/mol. The van der Waals surface area contributed by atoms with E-state index in [0.717, 1.165) is 18.2 Å². The molecule has 0 bridgehead atoms.